The zero-order valence-electron chi connectivity index (χ0n) is 8.49. The Labute approximate surface area is 91.4 Å². The molecule has 0 spiro atoms. The van der Waals surface area contributed by atoms with Crippen molar-refractivity contribution in [1.29, 1.82) is 0 Å². The van der Waals surface area contributed by atoms with Gasteiger partial charge in [0.15, 0.2) is 12.1 Å². The fraction of sp³-hybridized carbons (Fsp3) is 0.100. The van der Waals surface area contributed by atoms with E-state index in [0.717, 1.165) is 0 Å². The van der Waals surface area contributed by atoms with Gasteiger partial charge >= 0.3 is 0 Å². The second kappa shape index (κ2) is 4.43. The van der Waals surface area contributed by atoms with E-state index in [9.17, 15) is 4.79 Å². The summed E-state index contributed by atoms with van der Waals surface area (Å²) < 4.78 is 4.96. The minimum Gasteiger partial charge on any atom is -0.481 e. The van der Waals surface area contributed by atoms with E-state index in [1.54, 1.807) is 6.07 Å². The lowest BCUT2D eigenvalue weighted by atomic mass is 10.3. The molecule has 0 aliphatic carbocycles. The third kappa shape index (κ3) is 2.00. The van der Waals surface area contributed by atoms with Crippen LogP contribution in [0.4, 0.5) is 0 Å². The summed E-state index contributed by atoms with van der Waals surface area (Å²) in [6.07, 6.45) is 4.92. The van der Waals surface area contributed by atoms with Crippen molar-refractivity contribution in [2.45, 2.75) is 0 Å². The van der Waals surface area contributed by atoms with Crippen LogP contribution in [0, 0.1) is 0 Å². The molecule has 2 aromatic rings. The number of aldehydes is 1. The van der Waals surface area contributed by atoms with Gasteiger partial charge in [-0.25, -0.2) is 19.9 Å². The van der Waals surface area contributed by atoms with Gasteiger partial charge in [-0.2, -0.15) is 0 Å². The highest BCUT2D eigenvalue weighted by Gasteiger charge is 2.04. The van der Waals surface area contributed by atoms with Gasteiger partial charge < -0.3 is 4.74 Å². The third-order valence-electron chi connectivity index (χ3n) is 1.89. The van der Waals surface area contributed by atoms with Gasteiger partial charge in [0.1, 0.15) is 12.0 Å². The fourth-order valence-corrected chi connectivity index (χ4v) is 1.10. The minimum absolute atomic E-state index is 0.421. The quantitative estimate of drug-likeness (QED) is 0.704. The van der Waals surface area contributed by atoms with Crippen LogP contribution in [0.25, 0.3) is 11.5 Å². The van der Waals surface area contributed by atoms with Crippen LogP contribution in [-0.4, -0.2) is 33.3 Å². The largest absolute Gasteiger partial charge is 0.481 e. The molecule has 6 nitrogen and oxygen atoms in total. The van der Waals surface area contributed by atoms with Crippen LogP contribution in [0.3, 0.4) is 0 Å². The molecule has 0 saturated carbocycles. The normalized spacial score (nSPS) is 9.81. The average Bonchev–Trinajstić information content (AvgIpc) is 2.39. The van der Waals surface area contributed by atoms with Gasteiger partial charge in [0, 0.05) is 18.5 Å². The van der Waals surface area contributed by atoms with Gasteiger partial charge in [-0.15, -0.1) is 0 Å². The molecule has 2 aromatic heterocycles. The number of hydrogen-bond acceptors (Lipinski definition) is 6. The Bertz CT molecular complexity index is 498. The van der Waals surface area contributed by atoms with Crippen LogP contribution < -0.4 is 4.74 Å². The van der Waals surface area contributed by atoms with Gasteiger partial charge in [0.2, 0.25) is 5.88 Å². The van der Waals surface area contributed by atoms with Crippen molar-refractivity contribution in [3.8, 4) is 17.4 Å². The van der Waals surface area contributed by atoms with Crippen LogP contribution in [0.15, 0.2) is 24.8 Å². The first kappa shape index (κ1) is 10.2. The maximum Gasteiger partial charge on any atom is 0.216 e. The highest BCUT2D eigenvalue weighted by molar-refractivity contribution is 5.73. The molecule has 0 aromatic carbocycles. The Morgan fingerprint density at radius 3 is 2.56 bits per heavy atom. The van der Waals surface area contributed by atoms with Crippen molar-refractivity contribution in [2.24, 2.45) is 0 Å². The summed E-state index contributed by atoms with van der Waals surface area (Å²) >= 11 is 0. The Morgan fingerprint density at radius 1 is 1.19 bits per heavy atom. The van der Waals surface area contributed by atoms with Gasteiger partial charge in [0.05, 0.1) is 12.7 Å². The molecule has 0 radical (unpaired) electrons. The van der Waals surface area contributed by atoms with Crippen LogP contribution >= 0.6 is 0 Å². The Morgan fingerprint density at radius 2 is 1.94 bits per heavy atom. The van der Waals surface area contributed by atoms with Crippen molar-refractivity contribution in [1.82, 2.24) is 19.9 Å². The van der Waals surface area contributed by atoms with Gasteiger partial charge in [0.25, 0.3) is 0 Å². The van der Waals surface area contributed by atoms with E-state index in [2.05, 4.69) is 19.9 Å². The number of ether oxygens (including phenoxy) is 1. The van der Waals surface area contributed by atoms with E-state index in [1.165, 1.54) is 25.8 Å². The molecule has 80 valence electrons. The molecule has 6 heteroatoms. The highest BCUT2D eigenvalue weighted by Crippen LogP contribution is 2.14. The Hall–Kier alpha value is -2.37. The fourth-order valence-electron chi connectivity index (χ4n) is 1.10. The molecular weight excluding hydrogens is 208 g/mol. The molecule has 0 bridgehead atoms. The number of aromatic nitrogens is 4. The smallest absolute Gasteiger partial charge is 0.216 e. The van der Waals surface area contributed by atoms with Crippen LogP contribution in [0.2, 0.25) is 0 Å². The van der Waals surface area contributed by atoms with Crippen molar-refractivity contribution >= 4 is 6.29 Å². The summed E-state index contributed by atoms with van der Waals surface area (Å²) in [5.74, 6) is 0.861. The number of carbonyl (C=O) groups is 1. The molecule has 0 amide bonds. The average molecular weight is 216 g/mol. The standard InChI is InChI=1S/C10H8N4O2/c1-16-9-2-8(13-6-14-9)10-11-3-7(5-15)4-12-10/h2-6H,1H3. The van der Waals surface area contributed by atoms with E-state index >= 15 is 0 Å². The summed E-state index contributed by atoms with van der Waals surface area (Å²) in [5.41, 5.74) is 0.967. The third-order valence-corrected chi connectivity index (χ3v) is 1.89. The molecule has 0 N–H and O–H groups in total. The molecule has 0 aliphatic rings. The highest BCUT2D eigenvalue weighted by atomic mass is 16.5. The predicted octanol–water partition coefficient (Wildman–Crippen LogP) is 0.755. The van der Waals surface area contributed by atoms with Crippen molar-refractivity contribution in [2.75, 3.05) is 7.11 Å². The Kier molecular flexibility index (Phi) is 2.81. The van der Waals surface area contributed by atoms with Crippen molar-refractivity contribution in [3.63, 3.8) is 0 Å². The molecule has 0 saturated heterocycles. The number of hydrogen-bond donors (Lipinski definition) is 0. The predicted molar refractivity (Wildman–Crippen MR) is 55.0 cm³/mol. The molecule has 0 unspecified atom stereocenters. The van der Waals surface area contributed by atoms with E-state index in [4.69, 9.17) is 4.74 Å². The SMILES string of the molecule is COc1cc(-c2ncc(C=O)cn2)ncn1. The summed E-state index contributed by atoms with van der Waals surface area (Å²) in [5, 5.41) is 0. The molecule has 0 atom stereocenters. The second-order valence-corrected chi connectivity index (χ2v) is 2.90. The zero-order chi connectivity index (χ0) is 11.4. The van der Waals surface area contributed by atoms with E-state index in [0.29, 0.717) is 29.2 Å². The monoisotopic (exact) mass is 216 g/mol. The molecule has 0 aliphatic heterocycles. The Balaban J connectivity index is 2.38. The molecule has 0 fully saturated rings. The van der Waals surface area contributed by atoms with Crippen molar-refractivity contribution in [3.05, 3.63) is 30.4 Å². The first-order valence-corrected chi connectivity index (χ1v) is 4.47. The molecular formula is C10H8N4O2. The lowest BCUT2D eigenvalue weighted by Crippen LogP contribution is -1.95. The topological polar surface area (TPSA) is 77.9 Å². The number of carbonyl (C=O) groups excluding carboxylic acids is 1. The zero-order valence-corrected chi connectivity index (χ0v) is 8.49. The summed E-state index contributed by atoms with van der Waals surface area (Å²) in [6.45, 7) is 0. The van der Waals surface area contributed by atoms with E-state index in [1.807, 2.05) is 0 Å². The first-order chi connectivity index (χ1) is 7.83. The minimum atomic E-state index is 0.421. The molecule has 16 heavy (non-hydrogen) atoms. The summed E-state index contributed by atoms with van der Waals surface area (Å²) in [6, 6.07) is 1.62. The lowest BCUT2D eigenvalue weighted by molar-refractivity contribution is 0.112. The van der Waals surface area contributed by atoms with Gasteiger partial charge in [-0.3, -0.25) is 4.79 Å². The maximum atomic E-state index is 10.4. The van der Waals surface area contributed by atoms with E-state index < -0.39 is 0 Å². The summed E-state index contributed by atoms with van der Waals surface area (Å²) in [4.78, 5) is 26.3. The first-order valence-electron chi connectivity index (χ1n) is 4.47. The van der Waals surface area contributed by atoms with E-state index in [-0.39, 0.29) is 0 Å². The second-order valence-electron chi connectivity index (χ2n) is 2.90. The maximum absolute atomic E-state index is 10.4. The molecule has 2 rings (SSSR count). The van der Waals surface area contributed by atoms with Crippen LogP contribution in [-0.2, 0) is 0 Å². The van der Waals surface area contributed by atoms with Crippen molar-refractivity contribution < 1.29 is 9.53 Å². The van der Waals surface area contributed by atoms with Gasteiger partial charge in [-0.05, 0) is 0 Å². The number of rotatable bonds is 3. The van der Waals surface area contributed by atoms with Crippen LogP contribution in [0.1, 0.15) is 10.4 Å². The number of nitrogens with zero attached hydrogens (tertiary/aromatic N) is 4. The summed E-state index contributed by atoms with van der Waals surface area (Å²) in [7, 11) is 1.52. The van der Waals surface area contributed by atoms with Gasteiger partial charge in [-0.1, -0.05) is 0 Å². The van der Waals surface area contributed by atoms with Crippen LogP contribution in [0.5, 0.6) is 5.88 Å². The molecule has 2 heterocycles. The number of methoxy groups -OCH3 is 1. The lowest BCUT2D eigenvalue weighted by Gasteiger charge is -2.01.